The molecular formula is C13H16O6. The number of aliphatic hydroxyl groups is 3. The van der Waals surface area contributed by atoms with Gasteiger partial charge in [0.15, 0.2) is 0 Å². The van der Waals surface area contributed by atoms with E-state index in [0.717, 1.165) is 5.56 Å². The molecule has 0 aromatic heterocycles. The van der Waals surface area contributed by atoms with Crippen molar-refractivity contribution < 1.29 is 29.6 Å². The summed E-state index contributed by atoms with van der Waals surface area (Å²) in [5, 5.41) is 28.1. The van der Waals surface area contributed by atoms with Gasteiger partial charge in [0.25, 0.3) is 0 Å². The van der Waals surface area contributed by atoms with Gasteiger partial charge in [0, 0.05) is 0 Å². The summed E-state index contributed by atoms with van der Waals surface area (Å²) >= 11 is 0. The summed E-state index contributed by atoms with van der Waals surface area (Å²) in [7, 11) is 0. The van der Waals surface area contributed by atoms with E-state index < -0.39 is 37.2 Å². The molecule has 0 aliphatic carbocycles. The number of carbonyl (C=O) groups is 1. The first-order valence-electron chi connectivity index (χ1n) is 5.93. The Kier molecular flexibility index (Phi) is 4.16. The SMILES string of the molecule is Cc1ccccc1C(=O)OC1O[C@H](CO)[C@@H](O)[C@H]1O. The maximum atomic E-state index is 11.9. The average Bonchev–Trinajstić information content (AvgIpc) is 2.67. The van der Waals surface area contributed by atoms with Crippen molar-refractivity contribution in [1.82, 2.24) is 0 Å². The zero-order chi connectivity index (χ0) is 14.0. The van der Waals surface area contributed by atoms with Crippen LogP contribution in [0.5, 0.6) is 0 Å². The molecule has 1 aliphatic heterocycles. The molecule has 0 bridgehead atoms. The molecular weight excluding hydrogens is 252 g/mol. The number of carbonyl (C=O) groups excluding carboxylic acids is 1. The molecule has 104 valence electrons. The van der Waals surface area contributed by atoms with Crippen molar-refractivity contribution in [3.05, 3.63) is 35.4 Å². The maximum absolute atomic E-state index is 11.9. The topological polar surface area (TPSA) is 96.2 Å². The molecule has 2 rings (SSSR count). The van der Waals surface area contributed by atoms with E-state index in [4.69, 9.17) is 14.6 Å². The van der Waals surface area contributed by atoms with Crippen molar-refractivity contribution in [2.45, 2.75) is 31.5 Å². The van der Waals surface area contributed by atoms with Crippen molar-refractivity contribution in [2.24, 2.45) is 0 Å². The summed E-state index contributed by atoms with van der Waals surface area (Å²) in [6.07, 6.45) is -4.88. The number of aryl methyl sites for hydroxylation is 1. The lowest BCUT2D eigenvalue weighted by Crippen LogP contribution is -2.35. The summed E-state index contributed by atoms with van der Waals surface area (Å²) in [5.74, 6) is -0.645. The molecule has 0 spiro atoms. The van der Waals surface area contributed by atoms with Gasteiger partial charge in [0.2, 0.25) is 6.29 Å². The van der Waals surface area contributed by atoms with E-state index >= 15 is 0 Å². The molecule has 1 aliphatic rings. The number of hydrogen-bond acceptors (Lipinski definition) is 6. The van der Waals surface area contributed by atoms with Crippen LogP contribution in [0.1, 0.15) is 15.9 Å². The first-order valence-corrected chi connectivity index (χ1v) is 5.93. The fourth-order valence-corrected chi connectivity index (χ4v) is 1.93. The van der Waals surface area contributed by atoms with Gasteiger partial charge in [-0.05, 0) is 18.6 Å². The molecule has 1 fully saturated rings. The van der Waals surface area contributed by atoms with Gasteiger partial charge in [0.05, 0.1) is 12.2 Å². The Balaban J connectivity index is 2.06. The number of esters is 1. The van der Waals surface area contributed by atoms with Gasteiger partial charge in [-0.15, -0.1) is 0 Å². The highest BCUT2D eigenvalue weighted by Crippen LogP contribution is 2.23. The van der Waals surface area contributed by atoms with Crippen LogP contribution in [0.4, 0.5) is 0 Å². The Morgan fingerprint density at radius 3 is 2.58 bits per heavy atom. The summed E-state index contributed by atoms with van der Waals surface area (Å²) in [4.78, 5) is 11.9. The lowest BCUT2D eigenvalue weighted by atomic mass is 10.1. The molecule has 1 unspecified atom stereocenters. The third kappa shape index (κ3) is 2.76. The second kappa shape index (κ2) is 5.66. The molecule has 0 radical (unpaired) electrons. The van der Waals surface area contributed by atoms with Crippen LogP contribution in [0.2, 0.25) is 0 Å². The van der Waals surface area contributed by atoms with E-state index in [1.165, 1.54) is 0 Å². The fraction of sp³-hybridized carbons (Fsp3) is 0.462. The Morgan fingerprint density at radius 2 is 2.00 bits per heavy atom. The van der Waals surface area contributed by atoms with Crippen molar-refractivity contribution in [3.63, 3.8) is 0 Å². The number of benzene rings is 1. The van der Waals surface area contributed by atoms with Crippen molar-refractivity contribution in [2.75, 3.05) is 6.61 Å². The first kappa shape index (κ1) is 14.0. The van der Waals surface area contributed by atoms with E-state index in [-0.39, 0.29) is 0 Å². The highest BCUT2D eigenvalue weighted by Gasteiger charge is 2.44. The van der Waals surface area contributed by atoms with Crippen LogP contribution in [0.15, 0.2) is 24.3 Å². The fourth-order valence-electron chi connectivity index (χ4n) is 1.93. The Bertz CT molecular complexity index is 460. The zero-order valence-corrected chi connectivity index (χ0v) is 10.4. The first-order chi connectivity index (χ1) is 9.04. The van der Waals surface area contributed by atoms with Crippen molar-refractivity contribution >= 4 is 5.97 Å². The van der Waals surface area contributed by atoms with Crippen LogP contribution >= 0.6 is 0 Å². The Hall–Kier alpha value is -1.47. The molecule has 1 heterocycles. The average molecular weight is 268 g/mol. The summed E-state index contributed by atoms with van der Waals surface area (Å²) in [6.45, 7) is 1.30. The Morgan fingerprint density at radius 1 is 1.32 bits per heavy atom. The lowest BCUT2D eigenvalue weighted by Gasteiger charge is -2.16. The molecule has 0 saturated carbocycles. The molecule has 0 amide bonds. The molecule has 19 heavy (non-hydrogen) atoms. The second-order valence-electron chi connectivity index (χ2n) is 4.43. The molecule has 4 atom stereocenters. The summed E-state index contributed by atoms with van der Waals surface area (Å²) in [5.41, 5.74) is 1.10. The van der Waals surface area contributed by atoms with Crippen molar-refractivity contribution in [1.29, 1.82) is 0 Å². The van der Waals surface area contributed by atoms with Gasteiger partial charge in [0.1, 0.15) is 18.3 Å². The summed E-state index contributed by atoms with van der Waals surface area (Å²) < 4.78 is 10.1. The molecule has 3 N–H and O–H groups in total. The monoisotopic (exact) mass is 268 g/mol. The van der Waals surface area contributed by atoms with E-state index in [1.807, 2.05) is 0 Å². The van der Waals surface area contributed by atoms with Crippen LogP contribution in [-0.4, -0.2) is 52.5 Å². The van der Waals surface area contributed by atoms with Gasteiger partial charge in [-0.25, -0.2) is 4.79 Å². The number of rotatable bonds is 3. The maximum Gasteiger partial charge on any atom is 0.340 e. The number of hydrogen-bond donors (Lipinski definition) is 3. The lowest BCUT2D eigenvalue weighted by molar-refractivity contribution is -0.139. The van der Waals surface area contributed by atoms with Gasteiger partial charge in [-0.2, -0.15) is 0 Å². The van der Waals surface area contributed by atoms with E-state index in [1.54, 1.807) is 31.2 Å². The number of ether oxygens (including phenoxy) is 2. The normalized spacial score (nSPS) is 30.3. The van der Waals surface area contributed by atoms with Gasteiger partial charge < -0.3 is 24.8 Å². The largest absolute Gasteiger partial charge is 0.429 e. The third-order valence-corrected chi connectivity index (χ3v) is 3.09. The van der Waals surface area contributed by atoms with Gasteiger partial charge in [-0.1, -0.05) is 18.2 Å². The molecule has 1 aromatic carbocycles. The zero-order valence-electron chi connectivity index (χ0n) is 10.4. The minimum absolute atomic E-state index is 0.361. The van der Waals surface area contributed by atoms with Crippen LogP contribution < -0.4 is 0 Å². The van der Waals surface area contributed by atoms with Crippen LogP contribution in [0.3, 0.4) is 0 Å². The predicted molar refractivity (Wildman–Crippen MR) is 64.4 cm³/mol. The molecule has 6 heteroatoms. The molecule has 1 saturated heterocycles. The minimum atomic E-state index is -1.37. The van der Waals surface area contributed by atoms with E-state index in [0.29, 0.717) is 5.56 Å². The van der Waals surface area contributed by atoms with Crippen molar-refractivity contribution in [3.8, 4) is 0 Å². The molecule has 6 nitrogen and oxygen atoms in total. The van der Waals surface area contributed by atoms with Crippen LogP contribution in [-0.2, 0) is 9.47 Å². The smallest absolute Gasteiger partial charge is 0.340 e. The van der Waals surface area contributed by atoms with Crippen LogP contribution in [0.25, 0.3) is 0 Å². The molecule has 1 aromatic rings. The predicted octanol–water partition coefficient (Wildman–Crippen LogP) is -0.409. The standard InChI is InChI=1S/C13H16O6/c1-7-4-2-3-5-8(7)12(17)19-13-11(16)10(15)9(6-14)18-13/h2-5,9-11,13-16H,6H2,1H3/t9-,10-,11-,13?/m1/s1. The van der Waals surface area contributed by atoms with Gasteiger partial charge >= 0.3 is 5.97 Å². The number of aliphatic hydroxyl groups excluding tert-OH is 3. The van der Waals surface area contributed by atoms with E-state index in [2.05, 4.69) is 0 Å². The third-order valence-electron chi connectivity index (χ3n) is 3.09. The Labute approximate surface area is 110 Å². The summed E-state index contributed by atoms with van der Waals surface area (Å²) in [6, 6.07) is 6.84. The van der Waals surface area contributed by atoms with E-state index in [9.17, 15) is 15.0 Å². The minimum Gasteiger partial charge on any atom is -0.429 e. The highest BCUT2D eigenvalue weighted by molar-refractivity contribution is 5.91. The quantitative estimate of drug-likeness (QED) is 0.645. The highest BCUT2D eigenvalue weighted by atomic mass is 16.7. The van der Waals surface area contributed by atoms with Crippen LogP contribution in [0, 0.1) is 6.92 Å². The van der Waals surface area contributed by atoms with Gasteiger partial charge in [-0.3, -0.25) is 0 Å². The second-order valence-corrected chi connectivity index (χ2v) is 4.43.